The topological polar surface area (TPSA) is 78.5 Å². The molecule has 4 atom stereocenters. The van der Waals surface area contributed by atoms with E-state index in [1.54, 1.807) is 24.9 Å². The van der Waals surface area contributed by atoms with Gasteiger partial charge < -0.3 is 23.7 Å². The monoisotopic (exact) mass is 564 g/mol. The average molecular weight is 565 g/mol. The maximum absolute atomic E-state index is 14.0. The summed E-state index contributed by atoms with van der Waals surface area (Å²) in [5.41, 5.74) is 1.99. The smallest absolute Gasteiger partial charge is 0.379 e. The molecule has 40 heavy (non-hydrogen) atoms. The van der Waals surface area contributed by atoms with Crippen molar-refractivity contribution < 1.29 is 41.7 Å². The van der Waals surface area contributed by atoms with Gasteiger partial charge in [-0.15, -0.1) is 0 Å². The number of carbonyl (C=O) groups excluding carboxylic acids is 1. The van der Waals surface area contributed by atoms with Crippen molar-refractivity contribution in [1.82, 2.24) is 10.4 Å². The molecule has 2 aromatic rings. The highest BCUT2D eigenvalue weighted by Crippen LogP contribution is 2.44. The van der Waals surface area contributed by atoms with Crippen LogP contribution in [-0.4, -0.2) is 66.9 Å². The lowest BCUT2D eigenvalue weighted by atomic mass is 9.78. The first-order chi connectivity index (χ1) is 19.0. The zero-order chi connectivity index (χ0) is 28.4. The van der Waals surface area contributed by atoms with E-state index in [-0.39, 0.29) is 26.1 Å². The number of rotatable bonds is 8. The summed E-state index contributed by atoms with van der Waals surface area (Å²) < 4.78 is 70.5. The van der Waals surface area contributed by atoms with Gasteiger partial charge in [0.2, 0.25) is 0 Å². The summed E-state index contributed by atoms with van der Waals surface area (Å²) in [6, 6.07) is 14.6. The summed E-state index contributed by atoms with van der Waals surface area (Å²) in [7, 11) is 0. The zero-order valence-corrected chi connectivity index (χ0v) is 22.6. The first kappa shape index (κ1) is 29.0. The Morgan fingerprint density at radius 3 is 2.45 bits per heavy atom. The maximum atomic E-state index is 14.0. The van der Waals surface area contributed by atoms with E-state index in [2.05, 4.69) is 5.43 Å². The van der Waals surface area contributed by atoms with Gasteiger partial charge in [-0.1, -0.05) is 42.5 Å². The van der Waals surface area contributed by atoms with Gasteiger partial charge in [-0.05, 0) is 37.1 Å². The zero-order valence-electron chi connectivity index (χ0n) is 22.6. The summed E-state index contributed by atoms with van der Waals surface area (Å²) in [4.78, 5) is 14.0. The van der Waals surface area contributed by atoms with Crippen LogP contribution < -0.4 is 5.43 Å². The van der Waals surface area contributed by atoms with Crippen molar-refractivity contribution in [3.8, 4) is 0 Å². The SMILES string of the molecule is CC1(C)O[C@H]2[C@@H](OCc3ccccc3)C[C@](OCc3cccc(C(F)(F)F)c3)(C(=O)NN3CCOCC3)C[C@H]2O1. The quantitative estimate of drug-likeness (QED) is 0.515. The molecule has 3 aliphatic rings. The standard InChI is InChI=1S/C29H35F3N2O6/c1-27(2)39-24-17-28(26(35)33-34-11-13-36-14-12-34,38-19-21-9-6-10-22(15-21)29(30,31)32)16-23(25(24)40-27)37-18-20-7-4-3-5-8-20/h3-10,15,23-25H,11-14,16-19H2,1-2H3,(H,33,35)/t23-,24+,25-,28+/m0/s1. The van der Waals surface area contributed by atoms with E-state index in [1.807, 2.05) is 30.3 Å². The Balaban J connectivity index is 1.42. The van der Waals surface area contributed by atoms with Crippen LogP contribution >= 0.6 is 0 Å². The highest BCUT2D eigenvalue weighted by Gasteiger charge is 2.58. The second-order valence-corrected chi connectivity index (χ2v) is 10.9. The summed E-state index contributed by atoms with van der Waals surface area (Å²) in [6.07, 6.45) is -5.74. The van der Waals surface area contributed by atoms with E-state index in [0.29, 0.717) is 31.9 Å². The van der Waals surface area contributed by atoms with Gasteiger partial charge in [-0.3, -0.25) is 10.2 Å². The predicted molar refractivity (Wildman–Crippen MR) is 138 cm³/mol. The number of nitrogens with one attached hydrogen (secondary N) is 1. The molecule has 5 rings (SSSR count). The fourth-order valence-corrected chi connectivity index (χ4v) is 5.47. The van der Waals surface area contributed by atoms with E-state index in [4.69, 9.17) is 23.7 Å². The fourth-order valence-electron chi connectivity index (χ4n) is 5.47. The van der Waals surface area contributed by atoms with Gasteiger partial charge in [-0.25, -0.2) is 5.01 Å². The Morgan fingerprint density at radius 2 is 1.73 bits per heavy atom. The number of morpholine rings is 1. The Morgan fingerprint density at radius 1 is 1.00 bits per heavy atom. The van der Waals surface area contributed by atoms with Gasteiger partial charge in [0.25, 0.3) is 5.91 Å². The van der Waals surface area contributed by atoms with Crippen molar-refractivity contribution in [2.45, 2.75) is 75.8 Å². The second-order valence-electron chi connectivity index (χ2n) is 10.9. The number of hydrazine groups is 1. The normalized spacial score (nSPS) is 28.7. The number of hydrogen-bond acceptors (Lipinski definition) is 7. The minimum absolute atomic E-state index is 0.134. The van der Waals surface area contributed by atoms with Crippen molar-refractivity contribution in [2.75, 3.05) is 26.3 Å². The van der Waals surface area contributed by atoms with E-state index >= 15 is 0 Å². The highest BCUT2D eigenvalue weighted by molar-refractivity contribution is 5.85. The van der Waals surface area contributed by atoms with E-state index in [9.17, 15) is 18.0 Å². The fraction of sp³-hybridized carbons (Fsp3) is 0.552. The lowest BCUT2D eigenvalue weighted by Crippen LogP contribution is -2.63. The molecule has 11 heteroatoms. The molecule has 0 spiro atoms. The van der Waals surface area contributed by atoms with Gasteiger partial charge >= 0.3 is 6.18 Å². The highest BCUT2D eigenvalue weighted by atomic mass is 19.4. The molecule has 2 aliphatic heterocycles. The van der Waals surface area contributed by atoms with Crippen LogP contribution in [0.1, 0.15) is 43.4 Å². The largest absolute Gasteiger partial charge is 0.416 e. The van der Waals surface area contributed by atoms with Crippen LogP contribution in [0.4, 0.5) is 13.2 Å². The third-order valence-corrected chi connectivity index (χ3v) is 7.41. The summed E-state index contributed by atoms with van der Waals surface area (Å²) in [5, 5.41) is 1.77. The lowest BCUT2D eigenvalue weighted by Gasteiger charge is -2.44. The predicted octanol–water partition coefficient (Wildman–Crippen LogP) is 4.22. The molecule has 1 aliphatic carbocycles. The first-order valence-corrected chi connectivity index (χ1v) is 13.5. The molecule has 1 saturated carbocycles. The van der Waals surface area contributed by atoms with Crippen molar-refractivity contribution in [3.05, 3.63) is 71.3 Å². The van der Waals surface area contributed by atoms with Crippen LogP contribution in [0.3, 0.4) is 0 Å². The summed E-state index contributed by atoms with van der Waals surface area (Å²) >= 11 is 0. The Bertz CT molecular complexity index is 1160. The Kier molecular flexibility index (Phi) is 8.51. The number of alkyl halides is 3. The lowest BCUT2D eigenvalue weighted by molar-refractivity contribution is -0.187. The van der Waals surface area contributed by atoms with Crippen LogP contribution in [0, 0.1) is 0 Å². The van der Waals surface area contributed by atoms with Gasteiger partial charge in [0.05, 0.1) is 44.2 Å². The molecule has 0 bridgehead atoms. The third kappa shape index (κ3) is 6.84. The minimum atomic E-state index is -4.49. The van der Waals surface area contributed by atoms with Gasteiger partial charge in [-0.2, -0.15) is 13.2 Å². The van der Waals surface area contributed by atoms with Crippen molar-refractivity contribution in [3.63, 3.8) is 0 Å². The van der Waals surface area contributed by atoms with Crippen LogP contribution in [0.25, 0.3) is 0 Å². The Labute approximate surface area is 231 Å². The molecular weight excluding hydrogens is 529 g/mol. The number of carbonyl (C=O) groups is 1. The van der Waals surface area contributed by atoms with Crippen LogP contribution in [-0.2, 0) is 47.9 Å². The van der Waals surface area contributed by atoms with E-state index in [0.717, 1.165) is 17.7 Å². The second kappa shape index (κ2) is 11.8. The number of hydrogen-bond donors (Lipinski definition) is 1. The molecule has 3 fully saturated rings. The maximum Gasteiger partial charge on any atom is 0.416 e. The molecule has 218 valence electrons. The molecule has 1 N–H and O–H groups in total. The van der Waals surface area contributed by atoms with Crippen molar-refractivity contribution >= 4 is 5.91 Å². The minimum Gasteiger partial charge on any atom is -0.379 e. The van der Waals surface area contributed by atoms with Crippen molar-refractivity contribution in [1.29, 1.82) is 0 Å². The summed E-state index contributed by atoms with van der Waals surface area (Å²) in [5.74, 6) is -1.30. The van der Waals surface area contributed by atoms with Gasteiger partial charge in [0, 0.05) is 25.9 Å². The van der Waals surface area contributed by atoms with Gasteiger partial charge in [0.1, 0.15) is 6.10 Å². The third-order valence-electron chi connectivity index (χ3n) is 7.41. The molecule has 2 saturated heterocycles. The van der Waals surface area contributed by atoms with Crippen LogP contribution in [0.15, 0.2) is 54.6 Å². The summed E-state index contributed by atoms with van der Waals surface area (Å²) in [6.45, 7) is 5.64. The molecular formula is C29H35F3N2O6. The van der Waals surface area contributed by atoms with Crippen molar-refractivity contribution in [2.24, 2.45) is 0 Å². The van der Waals surface area contributed by atoms with E-state index in [1.165, 1.54) is 6.07 Å². The van der Waals surface area contributed by atoms with Gasteiger partial charge in [0.15, 0.2) is 11.4 Å². The Hall–Kier alpha value is -2.54. The molecule has 2 aromatic carbocycles. The number of nitrogens with zero attached hydrogens (tertiary/aromatic N) is 1. The first-order valence-electron chi connectivity index (χ1n) is 13.5. The number of fused-ring (bicyclic) bond motifs is 1. The molecule has 0 unspecified atom stereocenters. The average Bonchev–Trinajstić information content (AvgIpc) is 3.25. The number of halogens is 3. The molecule has 8 nitrogen and oxygen atoms in total. The molecule has 2 heterocycles. The number of amides is 1. The molecule has 1 amide bonds. The molecule has 0 radical (unpaired) electrons. The van der Waals surface area contributed by atoms with Crippen LogP contribution in [0.5, 0.6) is 0 Å². The number of ether oxygens (including phenoxy) is 5. The number of benzene rings is 2. The van der Waals surface area contributed by atoms with E-state index < -0.39 is 47.3 Å². The molecule has 0 aromatic heterocycles. The van der Waals surface area contributed by atoms with Crippen LogP contribution in [0.2, 0.25) is 0 Å².